The molecule has 19 heavy (non-hydrogen) atoms. The molecule has 0 atom stereocenters. The topological polar surface area (TPSA) is 38.5 Å². The number of morpholine rings is 1. The number of halogens is 1. The first-order valence-electron chi connectivity index (χ1n) is 6.63. The van der Waals surface area contributed by atoms with Crippen molar-refractivity contribution in [1.82, 2.24) is 4.90 Å². The van der Waals surface area contributed by atoms with Crippen LogP contribution in [0.5, 0.6) is 0 Å². The molecule has 3 nitrogen and oxygen atoms in total. The Labute approximate surface area is 120 Å². The quantitative estimate of drug-likeness (QED) is 0.846. The fraction of sp³-hybridized carbons (Fsp3) is 0.600. The number of nitrogen functional groups attached to an aromatic ring is 1. The van der Waals surface area contributed by atoms with Crippen molar-refractivity contribution in [2.45, 2.75) is 45.4 Å². The molecule has 106 valence electrons. The average Bonchev–Trinajstić information content (AvgIpc) is 2.08. The van der Waals surface area contributed by atoms with Crippen LogP contribution in [-0.2, 0) is 11.3 Å². The van der Waals surface area contributed by atoms with Crippen LogP contribution in [0.4, 0.5) is 5.69 Å². The van der Waals surface area contributed by atoms with Crippen molar-refractivity contribution in [2.75, 3.05) is 18.8 Å². The standard InChI is InChI=1S/C15H23ClN2O/c1-14(2)9-18(10-15(3,4)19-14)8-11-5-12(16)7-13(17)6-11/h5-7H,8-10,17H2,1-4H3. The number of anilines is 1. The number of benzene rings is 1. The zero-order valence-corrected chi connectivity index (χ0v) is 12.9. The highest BCUT2D eigenvalue weighted by Crippen LogP contribution is 2.29. The highest BCUT2D eigenvalue weighted by Gasteiger charge is 2.37. The number of hydrogen-bond acceptors (Lipinski definition) is 3. The highest BCUT2D eigenvalue weighted by atomic mass is 35.5. The van der Waals surface area contributed by atoms with E-state index in [1.807, 2.05) is 12.1 Å². The zero-order chi connectivity index (χ0) is 14.3. The van der Waals surface area contributed by atoms with E-state index in [2.05, 4.69) is 32.6 Å². The maximum Gasteiger partial charge on any atom is 0.0760 e. The average molecular weight is 283 g/mol. The lowest BCUT2D eigenvalue weighted by atomic mass is 9.98. The summed E-state index contributed by atoms with van der Waals surface area (Å²) in [5.41, 5.74) is 7.45. The van der Waals surface area contributed by atoms with Gasteiger partial charge in [0.05, 0.1) is 11.2 Å². The molecule has 4 heteroatoms. The minimum atomic E-state index is -0.133. The summed E-state index contributed by atoms with van der Waals surface area (Å²) in [6.07, 6.45) is 0. The zero-order valence-electron chi connectivity index (χ0n) is 12.2. The van der Waals surface area contributed by atoms with Gasteiger partial charge in [-0.3, -0.25) is 4.90 Å². The second-order valence-corrected chi connectivity index (χ2v) is 7.10. The third kappa shape index (κ3) is 4.10. The van der Waals surface area contributed by atoms with Gasteiger partial charge in [-0.1, -0.05) is 11.6 Å². The Balaban J connectivity index is 2.14. The second kappa shape index (κ2) is 4.97. The van der Waals surface area contributed by atoms with Gasteiger partial charge in [0, 0.05) is 30.3 Å². The molecule has 0 saturated carbocycles. The van der Waals surface area contributed by atoms with E-state index < -0.39 is 0 Å². The number of nitrogens with two attached hydrogens (primary N) is 1. The first-order valence-corrected chi connectivity index (χ1v) is 7.01. The maximum atomic E-state index is 6.08. The predicted octanol–water partition coefficient (Wildman–Crippen LogP) is 3.31. The summed E-state index contributed by atoms with van der Waals surface area (Å²) in [5, 5.41) is 0.696. The highest BCUT2D eigenvalue weighted by molar-refractivity contribution is 6.30. The van der Waals surface area contributed by atoms with Gasteiger partial charge in [-0.2, -0.15) is 0 Å². The number of rotatable bonds is 2. The van der Waals surface area contributed by atoms with Gasteiger partial charge in [0.1, 0.15) is 0 Å². The van der Waals surface area contributed by atoms with Crippen molar-refractivity contribution in [3.8, 4) is 0 Å². The molecule has 1 heterocycles. The van der Waals surface area contributed by atoms with E-state index >= 15 is 0 Å². The summed E-state index contributed by atoms with van der Waals surface area (Å²) in [4.78, 5) is 2.40. The van der Waals surface area contributed by atoms with Gasteiger partial charge in [0.2, 0.25) is 0 Å². The van der Waals surface area contributed by atoms with Crippen molar-refractivity contribution >= 4 is 17.3 Å². The van der Waals surface area contributed by atoms with E-state index in [1.165, 1.54) is 0 Å². The molecule has 0 unspecified atom stereocenters. The largest absolute Gasteiger partial charge is 0.399 e. The van der Waals surface area contributed by atoms with Gasteiger partial charge in [-0.25, -0.2) is 0 Å². The minimum Gasteiger partial charge on any atom is -0.399 e. The molecule has 1 saturated heterocycles. The molecule has 2 rings (SSSR count). The molecule has 0 spiro atoms. The van der Waals surface area contributed by atoms with Crippen LogP contribution in [0.1, 0.15) is 33.3 Å². The van der Waals surface area contributed by atoms with E-state index in [0.29, 0.717) is 10.7 Å². The lowest BCUT2D eigenvalue weighted by Gasteiger charge is -2.47. The van der Waals surface area contributed by atoms with Crippen LogP contribution in [0.15, 0.2) is 18.2 Å². The first kappa shape index (κ1) is 14.6. The molecule has 2 N–H and O–H groups in total. The van der Waals surface area contributed by atoms with Crippen LogP contribution in [-0.4, -0.2) is 29.2 Å². The SMILES string of the molecule is CC1(C)CN(Cc2cc(N)cc(Cl)c2)CC(C)(C)O1. The Hall–Kier alpha value is -0.770. The predicted molar refractivity (Wildman–Crippen MR) is 80.4 cm³/mol. The van der Waals surface area contributed by atoms with E-state index in [9.17, 15) is 0 Å². The van der Waals surface area contributed by atoms with Crippen LogP contribution in [0.25, 0.3) is 0 Å². The summed E-state index contributed by atoms with van der Waals surface area (Å²) in [6.45, 7) is 11.2. The molecule has 0 aliphatic carbocycles. The Morgan fingerprint density at radius 2 is 1.74 bits per heavy atom. The Morgan fingerprint density at radius 3 is 2.26 bits per heavy atom. The van der Waals surface area contributed by atoms with Gasteiger partial charge >= 0.3 is 0 Å². The molecule has 0 bridgehead atoms. The first-order chi connectivity index (χ1) is 8.65. The lowest BCUT2D eigenvalue weighted by molar-refractivity contribution is -0.182. The minimum absolute atomic E-state index is 0.133. The number of nitrogens with zero attached hydrogens (tertiary/aromatic N) is 1. The smallest absolute Gasteiger partial charge is 0.0760 e. The molecule has 0 aromatic heterocycles. The third-order valence-corrected chi connectivity index (χ3v) is 3.37. The molecule has 1 fully saturated rings. The summed E-state index contributed by atoms with van der Waals surface area (Å²) >= 11 is 6.06. The van der Waals surface area contributed by atoms with Gasteiger partial charge in [0.25, 0.3) is 0 Å². The van der Waals surface area contributed by atoms with E-state index in [4.69, 9.17) is 22.1 Å². The van der Waals surface area contributed by atoms with Gasteiger partial charge in [-0.05, 0) is 51.5 Å². The van der Waals surface area contributed by atoms with E-state index in [0.717, 1.165) is 25.2 Å². The van der Waals surface area contributed by atoms with Gasteiger partial charge < -0.3 is 10.5 Å². The van der Waals surface area contributed by atoms with Gasteiger partial charge in [-0.15, -0.1) is 0 Å². The monoisotopic (exact) mass is 282 g/mol. The molecule has 1 aromatic carbocycles. The third-order valence-electron chi connectivity index (χ3n) is 3.15. The van der Waals surface area contributed by atoms with Crippen LogP contribution >= 0.6 is 11.6 Å². The summed E-state index contributed by atoms with van der Waals surface area (Å²) in [6, 6.07) is 5.74. The van der Waals surface area contributed by atoms with Crippen LogP contribution in [0.2, 0.25) is 5.02 Å². The van der Waals surface area contributed by atoms with Crippen molar-refractivity contribution in [1.29, 1.82) is 0 Å². The Bertz CT molecular complexity index is 435. The Morgan fingerprint density at radius 1 is 1.16 bits per heavy atom. The molecular weight excluding hydrogens is 260 g/mol. The molecule has 0 amide bonds. The summed E-state index contributed by atoms with van der Waals surface area (Å²) in [7, 11) is 0. The second-order valence-electron chi connectivity index (χ2n) is 6.66. The van der Waals surface area contributed by atoms with Crippen LogP contribution < -0.4 is 5.73 Å². The summed E-state index contributed by atoms with van der Waals surface area (Å²) in [5.74, 6) is 0. The van der Waals surface area contributed by atoms with Crippen LogP contribution in [0.3, 0.4) is 0 Å². The fourth-order valence-electron chi connectivity index (χ4n) is 3.08. The van der Waals surface area contributed by atoms with E-state index in [-0.39, 0.29) is 11.2 Å². The molecule has 1 aliphatic heterocycles. The number of ether oxygens (including phenoxy) is 1. The molecule has 1 aliphatic rings. The number of hydrogen-bond donors (Lipinski definition) is 1. The summed E-state index contributed by atoms with van der Waals surface area (Å²) < 4.78 is 6.08. The molecular formula is C15H23ClN2O. The van der Waals surface area contributed by atoms with Crippen molar-refractivity contribution < 1.29 is 4.74 Å². The van der Waals surface area contributed by atoms with Crippen molar-refractivity contribution in [3.63, 3.8) is 0 Å². The van der Waals surface area contributed by atoms with E-state index in [1.54, 1.807) is 6.07 Å². The van der Waals surface area contributed by atoms with Crippen molar-refractivity contribution in [3.05, 3.63) is 28.8 Å². The lowest BCUT2D eigenvalue weighted by Crippen LogP contribution is -2.56. The normalized spacial score (nSPS) is 22.4. The van der Waals surface area contributed by atoms with Gasteiger partial charge in [0.15, 0.2) is 0 Å². The Kier molecular flexibility index (Phi) is 3.83. The molecule has 0 radical (unpaired) electrons. The maximum absolute atomic E-state index is 6.08. The van der Waals surface area contributed by atoms with Crippen LogP contribution in [0, 0.1) is 0 Å². The fourth-order valence-corrected chi connectivity index (χ4v) is 3.35. The van der Waals surface area contributed by atoms with Crippen molar-refractivity contribution in [2.24, 2.45) is 0 Å². The molecule has 1 aromatic rings.